The quantitative estimate of drug-likeness (QED) is 0.795. The third-order valence-corrected chi connectivity index (χ3v) is 3.03. The van der Waals surface area contributed by atoms with E-state index in [1.807, 2.05) is 0 Å². The average Bonchev–Trinajstić information content (AvgIpc) is 2.43. The molecule has 2 aromatic rings. The van der Waals surface area contributed by atoms with Crippen LogP contribution in [0.2, 0.25) is 10.3 Å². The second kappa shape index (κ2) is 5.94. The van der Waals surface area contributed by atoms with E-state index in [1.54, 1.807) is 0 Å². The zero-order valence-corrected chi connectivity index (χ0v) is 11.8. The number of aromatic hydroxyl groups is 1. The molecule has 108 valence electrons. The summed E-state index contributed by atoms with van der Waals surface area (Å²) in [7, 11) is 0. The first-order valence-electron chi connectivity index (χ1n) is 5.51. The van der Waals surface area contributed by atoms with Crippen molar-refractivity contribution in [2.75, 3.05) is 5.32 Å². The van der Waals surface area contributed by atoms with Crippen LogP contribution < -0.4 is 11.1 Å². The lowest BCUT2D eigenvalue weighted by atomic mass is 10.2. The van der Waals surface area contributed by atoms with Crippen molar-refractivity contribution in [2.24, 2.45) is 5.73 Å². The molecule has 2 rings (SSSR count). The number of hydrogen-bond donors (Lipinski definition) is 3. The molecule has 2 amide bonds. The van der Waals surface area contributed by atoms with Crippen LogP contribution in [-0.4, -0.2) is 26.9 Å². The van der Waals surface area contributed by atoms with Crippen LogP contribution in [0.15, 0.2) is 24.3 Å². The summed E-state index contributed by atoms with van der Waals surface area (Å²) in [5.74, 6) is -1.68. The van der Waals surface area contributed by atoms with Crippen LogP contribution in [0, 0.1) is 0 Å². The van der Waals surface area contributed by atoms with Crippen LogP contribution in [0.5, 0.6) is 5.75 Å². The number of rotatable bonds is 3. The lowest BCUT2D eigenvalue weighted by molar-refractivity contribution is 0.0996. The Kier molecular flexibility index (Phi) is 4.25. The average molecular weight is 327 g/mol. The van der Waals surface area contributed by atoms with Gasteiger partial charge in [0.15, 0.2) is 21.8 Å². The summed E-state index contributed by atoms with van der Waals surface area (Å²) in [4.78, 5) is 30.7. The van der Waals surface area contributed by atoms with Gasteiger partial charge in [-0.2, -0.15) is 0 Å². The van der Waals surface area contributed by atoms with Crippen LogP contribution in [-0.2, 0) is 0 Å². The molecule has 0 fully saturated rings. The predicted molar refractivity (Wildman–Crippen MR) is 76.6 cm³/mol. The second-order valence-corrected chi connectivity index (χ2v) is 4.58. The first-order valence-corrected chi connectivity index (χ1v) is 6.27. The third-order valence-electron chi connectivity index (χ3n) is 2.41. The van der Waals surface area contributed by atoms with Crippen molar-refractivity contribution in [3.05, 3.63) is 45.8 Å². The summed E-state index contributed by atoms with van der Waals surface area (Å²) in [6.07, 6.45) is 0. The summed E-state index contributed by atoms with van der Waals surface area (Å²) >= 11 is 11.3. The molecule has 0 bridgehead atoms. The molecule has 1 aromatic heterocycles. The smallest absolute Gasteiger partial charge is 0.271 e. The maximum atomic E-state index is 12.0. The fraction of sp³-hybridized carbons (Fsp3) is 0. The minimum absolute atomic E-state index is 0.0127. The highest BCUT2D eigenvalue weighted by molar-refractivity contribution is 6.40. The van der Waals surface area contributed by atoms with Crippen molar-refractivity contribution in [1.29, 1.82) is 0 Å². The molecule has 9 heteroatoms. The van der Waals surface area contributed by atoms with Gasteiger partial charge in [0, 0.05) is 5.56 Å². The maximum absolute atomic E-state index is 12.0. The largest absolute Gasteiger partial charge is 0.508 e. The van der Waals surface area contributed by atoms with Crippen molar-refractivity contribution in [3.8, 4) is 5.75 Å². The molecular formula is C12H8Cl2N4O3. The number of hydrogen-bond acceptors (Lipinski definition) is 5. The van der Waals surface area contributed by atoms with Gasteiger partial charge in [-0.25, -0.2) is 9.97 Å². The van der Waals surface area contributed by atoms with E-state index in [4.69, 9.17) is 34.0 Å². The molecule has 0 saturated carbocycles. The Bertz CT molecular complexity index is 719. The highest BCUT2D eigenvalue weighted by Crippen LogP contribution is 2.22. The fourth-order valence-electron chi connectivity index (χ4n) is 1.45. The second-order valence-electron chi connectivity index (χ2n) is 3.87. The van der Waals surface area contributed by atoms with Crippen molar-refractivity contribution in [1.82, 2.24) is 9.97 Å². The summed E-state index contributed by atoms with van der Waals surface area (Å²) < 4.78 is 0. The molecular weight excluding hydrogens is 319 g/mol. The van der Waals surface area contributed by atoms with Gasteiger partial charge in [-0.05, 0) is 24.3 Å². The Morgan fingerprint density at radius 1 is 1.10 bits per heavy atom. The van der Waals surface area contributed by atoms with E-state index in [0.717, 1.165) is 0 Å². The van der Waals surface area contributed by atoms with Crippen molar-refractivity contribution >= 4 is 40.8 Å². The van der Waals surface area contributed by atoms with Crippen LogP contribution in [0.25, 0.3) is 0 Å². The summed E-state index contributed by atoms with van der Waals surface area (Å²) in [5, 5.41) is 11.1. The van der Waals surface area contributed by atoms with Crippen molar-refractivity contribution < 1.29 is 14.7 Å². The number of halogens is 2. The van der Waals surface area contributed by atoms with Crippen LogP contribution in [0.3, 0.4) is 0 Å². The number of phenols is 1. The fourth-order valence-corrected chi connectivity index (χ4v) is 1.70. The summed E-state index contributed by atoms with van der Waals surface area (Å²) in [6, 6.07) is 5.45. The number of nitrogens with one attached hydrogen (secondary N) is 1. The molecule has 0 radical (unpaired) electrons. The molecule has 0 unspecified atom stereocenters. The van der Waals surface area contributed by atoms with Gasteiger partial charge in [0.05, 0.1) is 0 Å². The highest BCUT2D eigenvalue weighted by atomic mass is 35.5. The van der Waals surface area contributed by atoms with Gasteiger partial charge in [0.1, 0.15) is 5.75 Å². The minimum atomic E-state index is -0.915. The van der Waals surface area contributed by atoms with Gasteiger partial charge in [-0.3, -0.25) is 9.59 Å². The first kappa shape index (κ1) is 15.0. The number of nitrogens with two attached hydrogens (primary N) is 1. The van der Waals surface area contributed by atoms with E-state index in [-0.39, 0.29) is 33.1 Å². The minimum Gasteiger partial charge on any atom is -0.508 e. The third kappa shape index (κ3) is 3.39. The van der Waals surface area contributed by atoms with E-state index in [1.165, 1.54) is 24.3 Å². The number of carbonyl (C=O) groups excluding carboxylic acids is 2. The number of anilines is 1. The molecule has 4 N–H and O–H groups in total. The summed E-state index contributed by atoms with van der Waals surface area (Å²) in [6.45, 7) is 0. The molecule has 0 atom stereocenters. The van der Waals surface area contributed by atoms with E-state index < -0.39 is 11.8 Å². The van der Waals surface area contributed by atoms with Gasteiger partial charge in [0.2, 0.25) is 0 Å². The SMILES string of the molecule is NC(=O)c1nc(Cl)c(Cl)nc1NC(=O)c1ccc(O)cc1. The molecule has 0 saturated heterocycles. The topological polar surface area (TPSA) is 118 Å². The number of primary amides is 1. The van der Waals surface area contributed by atoms with Crippen molar-refractivity contribution in [2.45, 2.75) is 0 Å². The Labute approximate surface area is 128 Å². The first-order chi connectivity index (χ1) is 9.88. The van der Waals surface area contributed by atoms with Gasteiger partial charge >= 0.3 is 0 Å². The van der Waals surface area contributed by atoms with Gasteiger partial charge in [-0.15, -0.1) is 0 Å². The monoisotopic (exact) mass is 326 g/mol. The zero-order valence-electron chi connectivity index (χ0n) is 10.3. The van der Waals surface area contributed by atoms with Gasteiger partial charge in [-0.1, -0.05) is 23.2 Å². The van der Waals surface area contributed by atoms with Gasteiger partial charge in [0.25, 0.3) is 11.8 Å². The molecule has 7 nitrogen and oxygen atoms in total. The molecule has 1 aromatic carbocycles. The lowest BCUT2D eigenvalue weighted by Crippen LogP contribution is -2.21. The Morgan fingerprint density at radius 3 is 2.24 bits per heavy atom. The number of carbonyl (C=O) groups is 2. The molecule has 0 aliphatic heterocycles. The molecule has 0 spiro atoms. The standard InChI is InChI=1S/C12H8Cl2N4O3/c13-8-9(14)17-11(7(16-8)10(15)20)18-12(21)5-1-3-6(19)4-2-5/h1-4,19H,(H2,15,20)(H,17,18,21). The highest BCUT2D eigenvalue weighted by Gasteiger charge is 2.18. The lowest BCUT2D eigenvalue weighted by Gasteiger charge is -2.08. The van der Waals surface area contributed by atoms with Gasteiger partial charge < -0.3 is 16.2 Å². The number of nitrogens with zero attached hydrogens (tertiary/aromatic N) is 2. The molecule has 0 aliphatic carbocycles. The predicted octanol–water partition coefficient (Wildman–Crippen LogP) is 1.84. The normalized spacial score (nSPS) is 10.2. The van der Waals surface area contributed by atoms with E-state index in [9.17, 15) is 9.59 Å². The Hall–Kier alpha value is -2.38. The molecule has 0 aliphatic rings. The Balaban J connectivity index is 2.34. The Morgan fingerprint density at radius 2 is 1.67 bits per heavy atom. The number of benzene rings is 1. The van der Waals surface area contributed by atoms with Crippen molar-refractivity contribution in [3.63, 3.8) is 0 Å². The molecule has 1 heterocycles. The molecule has 21 heavy (non-hydrogen) atoms. The number of amides is 2. The van der Waals surface area contributed by atoms with Crippen LogP contribution in [0.1, 0.15) is 20.8 Å². The van der Waals surface area contributed by atoms with E-state index in [0.29, 0.717) is 0 Å². The van der Waals surface area contributed by atoms with Crippen LogP contribution >= 0.6 is 23.2 Å². The number of phenolic OH excluding ortho intramolecular Hbond substituents is 1. The summed E-state index contributed by atoms with van der Waals surface area (Å²) in [5.41, 5.74) is 5.06. The maximum Gasteiger partial charge on any atom is 0.271 e. The van der Waals surface area contributed by atoms with Crippen LogP contribution in [0.4, 0.5) is 5.82 Å². The van der Waals surface area contributed by atoms with E-state index in [2.05, 4.69) is 15.3 Å². The van der Waals surface area contributed by atoms with E-state index >= 15 is 0 Å². The number of aromatic nitrogens is 2. The zero-order chi connectivity index (χ0) is 15.6.